The third kappa shape index (κ3) is 4.17. The van der Waals surface area contributed by atoms with Gasteiger partial charge in [0.1, 0.15) is 0 Å². The molecule has 0 aromatic heterocycles. The first-order valence-electron chi connectivity index (χ1n) is 9.73. The molecule has 5 heteroatoms. The molecule has 1 aliphatic rings. The van der Waals surface area contributed by atoms with E-state index in [0.717, 1.165) is 0 Å². The third-order valence-electron chi connectivity index (χ3n) is 5.51. The van der Waals surface area contributed by atoms with Gasteiger partial charge in [0.2, 0.25) is 0 Å². The Morgan fingerprint density at radius 2 is 1.56 bits per heavy atom. The minimum atomic E-state index is -5.09. The molecule has 0 spiro atoms. The van der Waals surface area contributed by atoms with Gasteiger partial charge in [-0.15, -0.1) is 0 Å². The average Bonchev–Trinajstić information content (AvgIpc) is 2.81. The Kier molecular flexibility index (Phi) is 4.13. The maximum atomic E-state index is 7.77. The summed E-state index contributed by atoms with van der Waals surface area (Å²) < 4.78 is 3.84. The summed E-state index contributed by atoms with van der Waals surface area (Å²) in [6.07, 6.45) is 2.30. The first-order valence-corrected chi connectivity index (χ1v) is 24.5. The molecule has 1 N–H and O–H groups in total. The van der Waals surface area contributed by atoms with Crippen molar-refractivity contribution in [1.29, 1.82) is 0 Å². The van der Waals surface area contributed by atoms with Crippen LogP contribution in [0.25, 0.3) is 17.2 Å². The van der Waals surface area contributed by atoms with E-state index in [4.69, 9.17) is 18.6 Å². The summed E-state index contributed by atoms with van der Waals surface area (Å²) in [6, 6.07) is 17.1. The van der Waals surface area contributed by atoms with Crippen molar-refractivity contribution in [3.63, 3.8) is 0 Å². The van der Waals surface area contributed by atoms with E-state index in [1.165, 1.54) is 27.8 Å². The predicted molar refractivity (Wildman–Crippen MR) is 125 cm³/mol. The van der Waals surface area contributed by atoms with Gasteiger partial charge in [-0.3, -0.25) is 0 Å². The van der Waals surface area contributed by atoms with Crippen LogP contribution in [0.5, 0.6) is 0 Å². The molecule has 1 unspecified atom stereocenters. The van der Waals surface area contributed by atoms with E-state index < -0.39 is 10.1 Å². The van der Waals surface area contributed by atoms with Crippen LogP contribution in [0.4, 0.5) is 0 Å². The number of hydrogen-bond acceptors (Lipinski definition) is 1. The number of halogens is 2. The van der Waals surface area contributed by atoms with Crippen LogP contribution in [-0.2, 0) is 10.1 Å². The molecule has 1 atom stereocenters. The Morgan fingerprint density at radius 1 is 0.963 bits per heavy atom. The minimum absolute atomic E-state index is 0.00995. The molecular formula is C22H32Cl2NSiTi. The van der Waals surface area contributed by atoms with Crippen LogP contribution in [0.1, 0.15) is 43.0 Å². The van der Waals surface area contributed by atoms with Crippen LogP contribution in [0, 0.1) is 0 Å². The molecule has 1 nitrogen and oxygen atoms in total. The van der Waals surface area contributed by atoms with Gasteiger partial charge in [0.15, 0.2) is 0 Å². The van der Waals surface area contributed by atoms with Gasteiger partial charge in [-0.05, 0) is 0 Å². The Morgan fingerprint density at radius 3 is 2.11 bits per heavy atom. The molecule has 0 saturated carbocycles. The molecule has 2 aromatic rings. The van der Waals surface area contributed by atoms with E-state index in [9.17, 15) is 0 Å². The summed E-state index contributed by atoms with van der Waals surface area (Å²) in [6.45, 7) is 8.64. The van der Waals surface area contributed by atoms with Crippen molar-refractivity contribution in [2.75, 3.05) is 0 Å². The zero-order valence-electron chi connectivity index (χ0n) is 17.5. The fourth-order valence-corrected chi connectivity index (χ4v) is 27.6. The van der Waals surface area contributed by atoms with Gasteiger partial charge in [0.25, 0.3) is 0 Å². The average molecular weight is 457 g/mol. The molecule has 0 fully saturated rings. The second-order valence-corrected chi connectivity index (χ2v) is 65.4. The van der Waals surface area contributed by atoms with Crippen LogP contribution in [-0.4, -0.2) is 13.6 Å². The van der Waals surface area contributed by atoms with Crippen molar-refractivity contribution in [3.8, 4) is 11.1 Å². The molecule has 0 bridgehead atoms. The zero-order chi connectivity index (χ0) is 20.4. The molecular weight excluding hydrogens is 425 g/mol. The van der Waals surface area contributed by atoms with Crippen molar-refractivity contribution < 1.29 is 10.1 Å². The second kappa shape index (κ2) is 5.22. The van der Waals surface area contributed by atoms with E-state index >= 15 is 0 Å². The molecule has 0 heterocycles. The van der Waals surface area contributed by atoms with E-state index in [1.807, 2.05) is 0 Å². The standard InChI is InChI=1S/C16H13.C4H10N.2CH3.2ClH.H3Si.Ti/c1-12-10-14-8-5-9-15(16(14)11-12)13-6-3-2-4-7-13;1-4(2,3)5;;;;;;/h2-11H,1H3;5H,1-3H3;2*1H3;2*1H;1H3;/q;-1;;;;;;+3/p-2. The molecule has 2 aromatic carbocycles. The monoisotopic (exact) mass is 456 g/mol. The summed E-state index contributed by atoms with van der Waals surface area (Å²) in [5.74, 6) is 0. The Labute approximate surface area is 170 Å². The molecule has 147 valence electrons. The molecule has 0 amide bonds. The fraction of sp³-hybridized carbons (Fsp3) is 0.364. The number of benzene rings is 2. The fourth-order valence-electron chi connectivity index (χ4n) is 5.75. The van der Waals surface area contributed by atoms with Crippen molar-refractivity contribution >= 4 is 32.8 Å². The number of fused-ring (bicyclic) bond motifs is 1. The molecule has 0 aliphatic heterocycles. The summed E-state index contributed by atoms with van der Waals surface area (Å²) in [4.78, 5) is 0. The Bertz CT molecular complexity index is 960. The van der Waals surface area contributed by atoms with Crippen molar-refractivity contribution in [2.24, 2.45) is 0 Å². The van der Waals surface area contributed by atoms with Gasteiger partial charge in [0.05, 0.1) is 0 Å². The van der Waals surface area contributed by atoms with Gasteiger partial charge in [0, 0.05) is 0 Å². The summed E-state index contributed by atoms with van der Waals surface area (Å²) in [5, 5.41) is 4.32. The first kappa shape index (κ1) is 21.4. The van der Waals surface area contributed by atoms with E-state index in [0.29, 0.717) is 8.11 Å². The van der Waals surface area contributed by atoms with Crippen molar-refractivity contribution in [3.05, 3.63) is 65.2 Å². The number of nitrogens with one attached hydrogen (secondary N) is 1. The quantitative estimate of drug-likeness (QED) is 0.515. The third-order valence-corrected chi connectivity index (χ3v) is 19.4. The van der Waals surface area contributed by atoms with Crippen molar-refractivity contribution in [1.82, 2.24) is 3.80 Å². The number of hydrogen-bond donors (Lipinski definition) is 1. The van der Waals surface area contributed by atoms with Crippen molar-refractivity contribution in [2.45, 2.75) is 47.9 Å². The molecule has 27 heavy (non-hydrogen) atoms. The van der Waals surface area contributed by atoms with E-state index in [1.54, 1.807) is 0 Å². The predicted octanol–water partition coefficient (Wildman–Crippen LogP) is 6.56. The molecule has 1 aliphatic carbocycles. The SMILES string of the molecule is CC1=Cc2c(-c3ccccc3)cccc2[CH]1[Ti]([CH3])([CH3])([SiH3])([Cl])([Cl])[NH]C(C)(C)C. The van der Waals surface area contributed by atoms with Gasteiger partial charge in [-0.1, -0.05) is 0 Å². The van der Waals surface area contributed by atoms with E-state index in [-0.39, 0.29) is 9.76 Å². The molecule has 0 saturated heterocycles. The summed E-state index contributed by atoms with van der Waals surface area (Å²) in [7, 11) is 11.1. The molecule has 3 rings (SSSR count). The Hall–Kier alpha value is -0.349. The van der Waals surface area contributed by atoms with Crippen LogP contribution in [0.2, 0.25) is 10.5 Å². The topological polar surface area (TPSA) is 12.0 Å². The number of rotatable bonds is 3. The summed E-state index contributed by atoms with van der Waals surface area (Å²) >= 11 is 0. The van der Waals surface area contributed by atoms with Gasteiger partial charge in [-0.2, -0.15) is 0 Å². The van der Waals surface area contributed by atoms with Crippen LogP contribution < -0.4 is 3.80 Å². The van der Waals surface area contributed by atoms with E-state index in [2.05, 4.69) is 96.6 Å². The maximum absolute atomic E-state index is 7.77. The molecule has 0 radical (unpaired) electrons. The van der Waals surface area contributed by atoms with Gasteiger partial charge < -0.3 is 0 Å². The number of allylic oxidation sites excluding steroid dienone is 1. The normalized spacial score (nSPS) is 21.6. The van der Waals surface area contributed by atoms with Crippen LogP contribution in [0.15, 0.2) is 54.1 Å². The van der Waals surface area contributed by atoms with Gasteiger partial charge in [-0.25, -0.2) is 0 Å². The first-order chi connectivity index (χ1) is 11.9. The van der Waals surface area contributed by atoms with Gasteiger partial charge >= 0.3 is 171 Å². The second-order valence-electron chi connectivity index (χ2n) is 11.7. The zero-order valence-corrected chi connectivity index (χ0v) is 22.6. The van der Waals surface area contributed by atoms with Crippen LogP contribution in [0.3, 0.4) is 0 Å². The summed E-state index contributed by atoms with van der Waals surface area (Å²) in [5.41, 5.74) is 6.06. The van der Waals surface area contributed by atoms with Crippen LogP contribution >= 0.6 is 18.6 Å². The Balaban J connectivity index is 2.29.